The summed E-state index contributed by atoms with van der Waals surface area (Å²) in [5.41, 5.74) is -0.100. The largest absolute Gasteiger partial charge is 0.491 e. The Morgan fingerprint density at radius 1 is 1.20 bits per heavy atom. The molecule has 5 aromatic heterocycles. The van der Waals surface area contributed by atoms with E-state index in [0.717, 1.165) is 25.7 Å². The van der Waals surface area contributed by atoms with Crippen LogP contribution in [-0.2, 0) is 12.2 Å². The lowest BCUT2D eigenvalue weighted by atomic mass is 9.83. The van der Waals surface area contributed by atoms with Crippen LogP contribution in [-0.4, -0.2) is 46.3 Å². The minimum atomic E-state index is -2.04. The lowest BCUT2D eigenvalue weighted by Gasteiger charge is -2.32. The van der Waals surface area contributed by atoms with Crippen molar-refractivity contribution in [1.82, 2.24) is 39.7 Å². The SMILES string of the molecule is CC1CCC(Cn2c(C3(F)CCOc4cccnc43)nc3nc(-c4n[nH]c(=O)o4)nc(-c4cncc(Cl)c4)c32)CC1. The molecule has 1 aliphatic carbocycles. The Morgan fingerprint density at radius 2 is 2.05 bits per heavy atom. The number of aromatic nitrogens is 8. The molecule has 1 N–H and O–H groups in total. The van der Waals surface area contributed by atoms with Crippen molar-refractivity contribution in [2.75, 3.05) is 6.61 Å². The van der Waals surface area contributed by atoms with Gasteiger partial charge in [-0.2, -0.15) is 0 Å². The highest BCUT2D eigenvalue weighted by molar-refractivity contribution is 6.30. The molecule has 7 rings (SSSR count). The normalized spacial score (nSPS) is 22.4. The third-order valence-corrected chi connectivity index (χ3v) is 8.20. The van der Waals surface area contributed by atoms with Crippen LogP contribution in [0.4, 0.5) is 4.39 Å². The molecular formula is C28H26ClFN8O3. The second kappa shape index (κ2) is 10.0. The van der Waals surface area contributed by atoms with E-state index in [9.17, 15) is 4.79 Å². The number of hydrogen-bond acceptors (Lipinski definition) is 9. The minimum Gasteiger partial charge on any atom is -0.491 e. The summed E-state index contributed by atoms with van der Waals surface area (Å²) in [6, 6.07) is 5.15. The van der Waals surface area contributed by atoms with E-state index in [1.807, 2.05) is 4.57 Å². The average Bonchev–Trinajstić information content (AvgIpc) is 3.58. The Bertz CT molecular complexity index is 1810. The summed E-state index contributed by atoms with van der Waals surface area (Å²) in [5, 5.41) is 6.54. The van der Waals surface area contributed by atoms with Crippen molar-refractivity contribution >= 4 is 22.8 Å². The van der Waals surface area contributed by atoms with Crippen LogP contribution >= 0.6 is 11.6 Å². The number of imidazole rings is 1. The molecule has 1 saturated carbocycles. The summed E-state index contributed by atoms with van der Waals surface area (Å²) in [6.45, 7) is 2.96. The number of ether oxygens (including phenoxy) is 1. The highest BCUT2D eigenvalue weighted by Crippen LogP contribution is 2.45. The predicted octanol–water partition coefficient (Wildman–Crippen LogP) is 5.10. The Balaban J connectivity index is 1.51. The van der Waals surface area contributed by atoms with Gasteiger partial charge in [0.25, 0.3) is 5.89 Å². The highest BCUT2D eigenvalue weighted by Gasteiger charge is 2.46. The predicted molar refractivity (Wildman–Crippen MR) is 147 cm³/mol. The Kier molecular flexibility index (Phi) is 6.29. The fourth-order valence-electron chi connectivity index (χ4n) is 5.89. The Hall–Kier alpha value is -4.19. The van der Waals surface area contributed by atoms with E-state index in [1.165, 1.54) is 6.20 Å². The number of aromatic amines is 1. The molecule has 0 spiro atoms. The van der Waals surface area contributed by atoms with Gasteiger partial charge in [-0.3, -0.25) is 9.97 Å². The molecule has 0 bridgehead atoms. The first kappa shape index (κ1) is 25.8. The first-order valence-electron chi connectivity index (χ1n) is 13.6. The molecule has 5 aromatic rings. The third kappa shape index (κ3) is 4.55. The van der Waals surface area contributed by atoms with Gasteiger partial charge in [0.15, 0.2) is 11.5 Å². The maximum atomic E-state index is 17.5. The Labute approximate surface area is 238 Å². The molecule has 41 heavy (non-hydrogen) atoms. The monoisotopic (exact) mass is 576 g/mol. The van der Waals surface area contributed by atoms with Gasteiger partial charge >= 0.3 is 5.76 Å². The topological polar surface area (TPSA) is 138 Å². The van der Waals surface area contributed by atoms with Crippen LogP contribution in [0.25, 0.3) is 34.1 Å². The van der Waals surface area contributed by atoms with E-state index < -0.39 is 11.4 Å². The first-order chi connectivity index (χ1) is 19.9. The summed E-state index contributed by atoms with van der Waals surface area (Å²) < 4.78 is 30.3. The number of alkyl halides is 1. The van der Waals surface area contributed by atoms with Crippen LogP contribution in [0.5, 0.6) is 5.75 Å². The summed E-state index contributed by atoms with van der Waals surface area (Å²) in [7, 11) is 0. The molecule has 1 aliphatic heterocycles. The summed E-state index contributed by atoms with van der Waals surface area (Å²) >= 11 is 6.33. The van der Waals surface area contributed by atoms with E-state index in [-0.39, 0.29) is 41.9 Å². The second-order valence-electron chi connectivity index (χ2n) is 10.8. The first-order valence-corrected chi connectivity index (χ1v) is 14.0. The fraction of sp³-hybridized carbons (Fsp3) is 0.393. The number of halogens is 2. The van der Waals surface area contributed by atoms with Gasteiger partial charge < -0.3 is 13.7 Å². The summed E-state index contributed by atoms with van der Waals surface area (Å²) in [4.78, 5) is 34.5. The third-order valence-electron chi connectivity index (χ3n) is 7.99. The van der Waals surface area contributed by atoms with Gasteiger partial charge in [-0.25, -0.2) is 29.2 Å². The van der Waals surface area contributed by atoms with Crippen LogP contribution in [0.15, 0.2) is 46.0 Å². The molecule has 6 heterocycles. The van der Waals surface area contributed by atoms with Crippen LogP contribution < -0.4 is 10.5 Å². The maximum Gasteiger partial charge on any atom is 0.434 e. The zero-order valence-corrected chi connectivity index (χ0v) is 22.9. The van der Waals surface area contributed by atoms with E-state index in [4.69, 9.17) is 30.7 Å². The molecule has 1 fully saturated rings. The van der Waals surface area contributed by atoms with Gasteiger partial charge in [0.05, 0.1) is 11.6 Å². The number of nitrogens with one attached hydrogen (secondary N) is 1. The number of pyridine rings is 2. The van der Waals surface area contributed by atoms with Crippen molar-refractivity contribution < 1.29 is 13.5 Å². The molecule has 0 amide bonds. The van der Waals surface area contributed by atoms with Gasteiger partial charge in [0.2, 0.25) is 11.5 Å². The lowest BCUT2D eigenvalue weighted by Crippen LogP contribution is -2.34. The van der Waals surface area contributed by atoms with E-state index in [2.05, 4.69) is 32.1 Å². The molecule has 13 heteroatoms. The van der Waals surface area contributed by atoms with E-state index in [0.29, 0.717) is 45.9 Å². The van der Waals surface area contributed by atoms with Crippen molar-refractivity contribution in [2.45, 2.75) is 51.2 Å². The lowest BCUT2D eigenvalue weighted by molar-refractivity contribution is 0.110. The van der Waals surface area contributed by atoms with Crippen molar-refractivity contribution in [1.29, 1.82) is 0 Å². The van der Waals surface area contributed by atoms with Crippen LogP contribution in [0.1, 0.15) is 50.5 Å². The van der Waals surface area contributed by atoms with Crippen molar-refractivity contribution in [3.63, 3.8) is 0 Å². The number of rotatable bonds is 5. The molecule has 0 aromatic carbocycles. The number of nitrogens with zero attached hydrogens (tertiary/aromatic N) is 7. The molecular weight excluding hydrogens is 551 g/mol. The van der Waals surface area contributed by atoms with Crippen LogP contribution in [0.2, 0.25) is 5.02 Å². The fourth-order valence-corrected chi connectivity index (χ4v) is 6.07. The van der Waals surface area contributed by atoms with Gasteiger partial charge in [0, 0.05) is 37.1 Å². The molecule has 0 saturated heterocycles. The maximum absolute atomic E-state index is 17.5. The van der Waals surface area contributed by atoms with E-state index >= 15 is 4.39 Å². The van der Waals surface area contributed by atoms with Crippen LogP contribution in [0.3, 0.4) is 0 Å². The number of hydrogen-bond donors (Lipinski definition) is 1. The molecule has 11 nitrogen and oxygen atoms in total. The van der Waals surface area contributed by atoms with Crippen molar-refractivity contribution in [2.24, 2.45) is 11.8 Å². The smallest absolute Gasteiger partial charge is 0.434 e. The van der Waals surface area contributed by atoms with Crippen molar-refractivity contribution in [3.05, 3.63) is 63.9 Å². The number of fused-ring (bicyclic) bond motifs is 2. The average molecular weight is 577 g/mol. The molecule has 1 unspecified atom stereocenters. The Morgan fingerprint density at radius 3 is 2.83 bits per heavy atom. The quantitative estimate of drug-likeness (QED) is 0.303. The van der Waals surface area contributed by atoms with Crippen LogP contribution in [0, 0.1) is 11.8 Å². The minimum absolute atomic E-state index is 0.0203. The van der Waals surface area contributed by atoms with Gasteiger partial charge in [0.1, 0.15) is 22.7 Å². The molecule has 2 aliphatic rings. The molecule has 1 atom stereocenters. The van der Waals surface area contributed by atoms with Gasteiger partial charge in [-0.05, 0) is 42.9 Å². The van der Waals surface area contributed by atoms with Crippen molar-refractivity contribution in [3.8, 4) is 28.7 Å². The highest BCUT2D eigenvalue weighted by atomic mass is 35.5. The summed E-state index contributed by atoms with van der Waals surface area (Å²) in [6.07, 6.45) is 8.97. The summed E-state index contributed by atoms with van der Waals surface area (Å²) in [5.74, 6) is 0.692. The molecule has 0 radical (unpaired) electrons. The zero-order chi connectivity index (χ0) is 28.1. The standard InChI is InChI=1S/C28H26ClFN8O3/c1-15-4-6-16(7-5-15)14-38-21-20(17-11-18(29)13-31-12-17)33-24(25-36-37-27(39)41-25)34-23(21)35-26(38)28(30)8-10-40-19-3-2-9-32-22(19)28/h2-3,9,11-13,15-16H,4-8,10,14H2,1H3,(H,37,39). The van der Waals surface area contributed by atoms with E-state index in [1.54, 1.807) is 30.6 Å². The number of H-pyrrole nitrogens is 1. The second-order valence-corrected chi connectivity index (χ2v) is 11.2. The van der Waals surface area contributed by atoms with Gasteiger partial charge in [-0.1, -0.05) is 31.4 Å². The zero-order valence-electron chi connectivity index (χ0n) is 22.2. The van der Waals surface area contributed by atoms with Gasteiger partial charge in [-0.15, -0.1) is 5.10 Å². The molecule has 210 valence electrons.